The monoisotopic (exact) mass is 191 g/mol. The maximum Gasteiger partial charge on any atom is 0.148 e. The first kappa shape index (κ1) is 9.38. The molecule has 0 aromatic heterocycles. The molecule has 14 heavy (non-hydrogen) atoms. The van der Waals surface area contributed by atoms with Crippen molar-refractivity contribution in [3.63, 3.8) is 0 Å². The predicted molar refractivity (Wildman–Crippen MR) is 57.5 cm³/mol. The number of fused-ring (bicyclic) bond motifs is 1. The summed E-state index contributed by atoms with van der Waals surface area (Å²) in [5.41, 5.74) is 2.68. The average molecular weight is 191 g/mol. The Balaban J connectivity index is 2.21. The van der Waals surface area contributed by atoms with Crippen LogP contribution in [0.2, 0.25) is 0 Å². The van der Waals surface area contributed by atoms with Gasteiger partial charge < -0.3 is 10.1 Å². The van der Waals surface area contributed by atoms with Gasteiger partial charge in [0.25, 0.3) is 0 Å². The Hall–Kier alpha value is -1.18. The van der Waals surface area contributed by atoms with Crippen molar-refractivity contribution in [3.05, 3.63) is 35.4 Å². The lowest BCUT2D eigenvalue weighted by atomic mass is 10.1. The Morgan fingerprint density at radius 3 is 2.79 bits per heavy atom. The van der Waals surface area contributed by atoms with E-state index >= 15 is 0 Å². The lowest BCUT2D eigenvalue weighted by molar-refractivity contribution is 0.344. The van der Waals surface area contributed by atoms with E-state index in [2.05, 4.69) is 32.2 Å². The first-order valence-electron chi connectivity index (χ1n) is 5.10. The molecule has 0 unspecified atom stereocenters. The molecule has 76 valence electrons. The Morgan fingerprint density at radius 1 is 1.29 bits per heavy atom. The molecule has 1 aliphatic carbocycles. The van der Waals surface area contributed by atoms with Crippen LogP contribution in [-0.2, 0) is 4.74 Å². The van der Waals surface area contributed by atoms with Crippen LogP contribution in [0, 0.1) is 0 Å². The number of allylic oxidation sites excluding steroid dienone is 4. The fraction of sp³-hybridized carbons (Fsp3) is 0.500. The van der Waals surface area contributed by atoms with Crippen LogP contribution in [-0.4, -0.2) is 5.54 Å². The van der Waals surface area contributed by atoms with Crippen molar-refractivity contribution in [3.8, 4) is 0 Å². The molecule has 1 aliphatic heterocycles. The standard InChI is InChI=1S/C12H17NO/c1-12(2,3)13-10-7-6-9-5-4-8-14-11(9)10/h4-5,8,13H,6-7H2,1-3H3. The molecule has 0 saturated carbocycles. The summed E-state index contributed by atoms with van der Waals surface area (Å²) in [6.45, 7) is 6.50. The van der Waals surface area contributed by atoms with E-state index in [1.165, 1.54) is 11.3 Å². The highest BCUT2D eigenvalue weighted by Crippen LogP contribution is 2.33. The minimum atomic E-state index is 0.113. The summed E-state index contributed by atoms with van der Waals surface area (Å²) in [6.07, 6.45) is 8.00. The van der Waals surface area contributed by atoms with E-state index in [-0.39, 0.29) is 5.54 Å². The Labute approximate surface area is 85.3 Å². The molecule has 2 aliphatic rings. The second kappa shape index (κ2) is 3.19. The third-order valence-corrected chi connectivity index (χ3v) is 2.30. The first-order chi connectivity index (χ1) is 6.56. The molecule has 0 bridgehead atoms. The first-order valence-corrected chi connectivity index (χ1v) is 5.10. The largest absolute Gasteiger partial charge is 0.463 e. The molecule has 0 amide bonds. The number of nitrogens with one attached hydrogen (secondary N) is 1. The molecule has 0 aromatic carbocycles. The minimum absolute atomic E-state index is 0.113. The number of hydrogen-bond acceptors (Lipinski definition) is 2. The van der Waals surface area contributed by atoms with Gasteiger partial charge in [0, 0.05) is 5.54 Å². The summed E-state index contributed by atoms with van der Waals surface area (Å²) in [5, 5.41) is 3.50. The zero-order valence-electron chi connectivity index (χ0n) is 9.05. The molecule has 0 saturated heterocycles. The summed E-state index contributed by atoms with van der Waals surface area (Å²) in [4.78, 5) is 0. The molecular weight excluding hydrogens is 174 g/mol. The van der Waals surface area contributed by atoms with Gasteiger partial charge in [-0.3, -0.25) is 0 Å². The van der Waals surface area contributed by atoms with Crippen molar-refractivity contribution in [1.29, 1.82) is 0 Å². The zero-order chi connectivity index (χ0) is 10.2. The van der Waals surface area contributed by atoms with E-state index < -0.39 is 0 Å². The second-order valence-corrected chi connectivity index (χ2v) is 4.82. The van der Waals surface area contributed by atoms with Crippen LogP contribution < -0.4 is 5.32 Å². The van der Waals surface area contributed by atoms with Crippen molar-refractivity contribution in [2.45, 2.75) is 39.2 Å². The molecular formula is C12H17NO. The van der Waals surface area contributed by atoms with Gasteiger partial charge in [0.1, 0.15) is 5.76 Å². The van der Waals surface area contributed by atoms with Gasteiger partial charge in [0.15, 0.2) is 0 Å². The van der Waals surface area contributed by atoms with E-state index in [0.717, 1.165) is 18.6 Å². The normalized spacial score (nSPS) is 20.4. The van der Waals surface area contributed by atoms with Gasteiger partial charge in [0.2, 0.25) is 0 Å². The van der Waals surface area contributed by atoms with Crippen LogP contribution in [0.3, 0.4) is 0 Å². The average Bonchev–Trinajstić information content (AvgIpc) is 2.47. The van der Waals surface area contributed by atoms with Crippen molar-refractivity contribution in [2.75, 3.05) is 0 Å². The fourth-order valence-electron chi connectivity index (χ4n) is 1.82. The van der Waals surface area contributed by atoms with Crippen molar-refractivity contribution in [1.82, 2.24) is 5.32 Å². The maximum absolute atomic E-state index is 5.53. The van der Waals surface area contributed by atoms with E-state index in [4.69, 9.17) is 4.74 Å². The molecule has 2 nitrogen and oxygen atoms in total. The molecule has 0 radical (unpaired) electrons. The number of hydrogen-bond donors (Lipinski definition) is 1. The third kappa shape index (κ3) is 1.84. The number of ether oxygens (including phenoxy) is 1. The summed E-state index contributed by atoms with van der Waals surface area (Å²) >= 11 is 0. The zero-order valence-corrected chi connectivity index (χ0v) is 9.05. The van der Waals surface area contributed by atoms with Crippen molar-refractivity contribution >= 4 is 0 Å². The van der Waals surface area contributed by atoms with Gasteiger partial charge in [-0.1, -0.05) is 6.08 Å². The van der Waals surface area contributed by atoms with E-state index in [0.29, 0.717) is 0 Å². The van der Waals surface area contributed by atoms with Gasteiger partial charge in [-0.2, -0.15) is 0 Å². The van der Waals surface area contributed by atoms with E-state index in [1.54, 1.807) is 6.26 Å². The lowest BCUT2D eigenvalue weighted by Gasteiger charge is -2.23. The predicted octanol–water partition coefficient (Wildman–Crippen LogP) is 2.85. The smallest absolute Gasteiger partial charge is 0.148 e. The van der Waals surface area contributed by atoms with Crippen LogP contribution >= 0.6 is 0 Å². The van der Waals surface area contributed by atoms with Crippen LogP contribution in [0.25, 0.3) is 0 Å². The molecule has 0 aromatic rings. The molecule has 0 atom stereocenters. The summed E-state index contributed by atoms with van der Waals surface area (Å²) in [5.74, 6) is 1.04. The van der Waals surface area contributed by atoms with Crippen LogP contribution in [0.4, 0.5) is 0 Å². The SMILES string of the molecule is CC(C)(C)NC1=C2OC=CC=C2CC1. The minimum Gasteiger partial charge on any atom is -0.463 e. The number of rotatable bonds is 1. The molecule has 0 spiro atoms. The highest BCUT2D eigenvalue weighted by atomic mass is 16.5. The fourth-order valence-corrected chi connectivity index (χ4v) is 1.82. The van der Waals surface area contributed by atoms with Crippen LogP contribution in [0.5, 0.6) is 0 Å². The summed E-state index contributed by atoms with van der Waals surface area (Å²) in [6, 6.07) is 0. The lowest BCUT2D eigenvalue weighted by Crippen LogP contribution is -2.35. The Kier molecular flexibility index (Phi) is 2.14. The highest BCUT2D eigenvalue weighted by molar-refractivity contribution is 5.41. The van der Waals surface area contributed by atoms with Gasteiger partial charge in [-0.25, -0.2) is 0 Å². The molecule has 1 N–H and O–H groups in total. The molecule has 1 heterocycles. The quantitative estimate of drug-likeness (QED) is 0.688. The summed E-state index contributed by atoms with van der Waals surface area (Å²) < 4.78 is 5.53. The van der Waals surface area contributed by atoms with Crippen LogP contribution in [0.1, 0.15) is 33.6 Å². The van der Waals surface area contributed by atoms with Gasteiger partial charge in [-0.15, -0.1) is 0 Å². The molecule has 2 heteroatoms. The van der Waals surface area contributed by atoms with Gasteiger partial charge in [-0.05, 0) is 45.3 Å². The maximum atomic E-state index is 5.53. The van der Waals surface area contributed by atoms with Crippen molar-refractivity contribution in [2.24, 2.45) is 0 Å². The van der Waals surface area contributed by atoms with E-state index in [9.17, 15) is 0 Å². The topological polar surface area (TPSA) is 21.3 Å². The summed E-state index contributed by atoms with van der Waals surface area (Å²) in [7, 11) is 0. The van der Waals surface area contributed by atoms with Crippen molar-refractivity contribution < 1.29 is 4.74 Å². The third-order valence-electron chi connectivity index (χ3n) is 2.30. The van der Waals surface area contributed by atoms with Gasteiger partial charge >= 0.3 is 0 Å². The van der Waals surface area contributed by atoms with Crippen LogP contribution in [0.15, 0.2) is 35.4 Å². The highest BCUT2D eigenvalue weighted by Gasteiger charge is 2.24. The molecule has 0 fully saturated rings. The van der Waals surface area contributed by atoms with E-state index in [1.807, 2.05) is 6.08 Å². The van der Waals surface area contributed by atoms with Gasteiger partial charge in [0.05, 0.1) is 12.0 Å². The second-order valence-electron chi connectivity index (χ2n) is 4.82. The Morgan fingerprint density at radius 2 is 2.07 bits per heavy atom. The Bertz CT molecular complexity index is 329. The molecule has 2 rings (SSSR count).